The van der Waals surface area contributed by atoms with Gasteiger partial charge < -0.3 is 4.40 Å². The number of pyridine rings is 1. The topological polar surface area (TPSA) is 35.1 Å². The van der Waals surface area contributed by atoms with Crippen LogP contribution in [0.25, 0.3) is 16.9 Å². The van der Waals surface area contributed by atoms with Crippen LogP contribution < -0.4 is 0 Å². The standard InChI is InChI=1S/C13H13BrN4/c1-3-18-6-10(5-15-18)12-8-17-7-11(14)9(2)4-13(17)16-12/h4-8H,3H2,1-2H3. The zero-order valence-corrected chi connectivity index (χ0v) is 11.8. The van der Waals surface area contributed by atoms with Crippen molar-refractivity contribution in [1.29, 1.82) is 0 Å². The number of rotatable bonds is 2. The molecule has 3 aromatic rings. The summed E-state index contributed by atoms with van der Waals surface area (Å²) in [6.45, 7) is 5.01. The zero-order chi connectivity index (χ0) is 12.7. The molecule has 0 bridgehead atoms. The molecule has 0 aliphatic carbocycles. The van der Waals surface area contributed by atoms with E-state index in [1.165, 1.54) is 5.56 Å². The van der Waals surface area contributed by atoms with Crippen LogP contribution in [-0.2, 0) is 6.54 Å². The second-order valence-electron chi connectivity index (χ2n) is 4.28. The van der Waals surface area contributed by atoms with E-state index in [4.69, 9.17) is 0 Å². The lowest BCUT2D eigenvalue weighted by Gasteiger charge is -1.98. The summed E-state index contributed by atoms with van der Waals surface area (Å²) in [5.74, 6) is 0. The van der Waals surface area contributed by atoms with E-state index in [2.05, 4.69) is 45.9 Å². The van der Waals surface area contributed by atoms with Gasteiger partial charge in [-0.2, -0.15) is 5.10 Å². The van der Waals surface area contributed by atoms with E-state index in [1.54, 1.807) is 0 Å². The Morgan fingerprint density at radius 3 is 2.83 bits per heavy atom. The van der Waals surface area contributed by atoms with Crippen LogP contribution in [0, 0.1) is 6.92 Å². The molecule has 3 aromatic heterocycles. The smallest absolute Gasteiger partial charge is 0.137 e. The number of halogens is 1. The zero-order valence-electron chi connectivity index (χ0n) is 10.3. The molecule has 0 aliphatic heterocycles. The Balaban J connectivity index is 2.13. The quantitative estimate of drug-likeness (QED) is 0.728. The molecule has 3 heterocycles. The van der Waals surface area contributed by atoms with Gasteiger partial charge in [-0.25, -0.2) is 4.98 Å². The largest absolute Gasteiger partial charge is 0.305 e. The van der Waals surface area contributed by atoms with Gasteiger partial charge >= 0.3 is 0 Å². The Morgan fingerprint density at radius 2 is 2.11 bits per heavy atom. The lowest BCUT2D eigenvalue weighted by Crippen LogP contribution is -1.91. The first-order chi connectivity index (χ1) is 8.67. The third kappa shape index (κ3) is 1.84. The minimum absolute atomic E-state index is 0.873. The second kappa shape index (κ2) is 4.24. The molecule has 0 fully saturated rings. The van der Waals surface area contributed by atoms with Crippen LogP contribution in [0.15, 0.2) is 35.3 Å². The fourth-order valence-corrected chi connectivity index (χ4v) is 2.25. The Kier molecular flexibility index (Phi) is 2.70. The first-order valence-electron chi connectivity index (χ1n) is 5.85. The number of hydrogen-bond donors (Lipinski definition) is 0. The monoisotopic (exact) mass is 304 g/mol. The van der Waals surface area contributed by atoms with Gasteiger partial charge in [0.15, 0.2) is 0 Å². The van der Waals surface area contributed by atoms with Crippen molar-refractivity contribution in [3.8, 4) is 11.3 Å². The molecule has 0 atom stereocenters. The molecule has 0 saturated carbocycles. The van der Waals surface area contributed by atoms with Gasteiger partial charge in [-0.1, -0.05) is 0 Å². The average molecular weight is 305 g/mol. The van der Waals surface area contributed by atoms with Gasteiger partial charge in [0.05, 0.1) is 11.9 Å². The van der Waals surface area contributed by atoms with Crippen LogP contribution in [-0.4, -0.2) is 19.2 Å². The van der Waals surface area contributed by atoms with Crippen molar-refractivity contribution >= 4 is 21.6 Å². The molecule has 0 unspecified atom stereocenters. The summed E-state index contributed by atoms with van der Waals surface area (Å²) in [4.78, 5) is 4.62. The highest BCUT2D eigenvalue weighted by molar-refractivity contribution is 9.10. The second-order valence-corrected chi connectivity index (χ2v) is 5.14. The van der Waals surface area contributed by atoms with Crippen molar-refractivity contribution in [2.45, 2.75) is 20.4 Å². The van der Waals surface area contributed by atoms with Gasteiger partial charge in [0.25, 0.3) is 0 Å². The van der Waals surface area contributed by atoms with Gasteiger partial charge in [0, 0.05) is 35.2 Å². The maximum atomic E-state index is 4.62. The molecule has 18 heavy (non-hydrogen) atoms. The van der Waals surface area contributed by atoms with E-state index in [0.717, 1.165) is 27.9 Å². The molecule has 0 N–H and O–H groups in total. The molecule has 0 spiro atoms. The van der Waals surface area contributed by atoms with Crippen LogP contribution >= 0.6 is 15.9 Å². The molecule has 4 nitrogen and oxygen atoms in total. The first-order valence-corrected chi connectivity index (χ1v) is 6.64. The molecule has 0 aromatic carbocycles. The van der Waals surface area contributed by atoms with Crippen LogP contribution in [0.3, 0.4) is 0 Å². The van der Waals surface area contributed by atoms with Crippen molar-refractivity contribution in [3.63, 3.8) is 0 Å². The molecule has 0 saturated heterocycles. The van der Waals surface area contributed by atoms with E-state index in [1.807, 2.05) is 33.9 Å². The normalized spacial score (nSPS) is 11.3. The number of imidazole rings is 1. The van der Waals surface area contributed by atoms with E-state index < -0.39 is 0 Å². The number of aryl methyl sites for hydroxylation is 2. The predicted molar refractivity (Wildman–Crippen MR) is 74.5 cm³/mol. The van der Waals surface area contributed by atoms with Crippen LogP contribution in [0.2, 0.25) is 0 Å². The van der Waals surface area contributed by atoms with E-state index in [9.17, 15) is 0 Å². The first kappa shape index (κ1) is 11.5. The lowest BCUT2D eigenvalue weighted by molar-refractivity contribution is 0.660. The summed E-state index contributed by atoms with van der Waals surface area (Å²) < 4.78 is 5.01. The molecule has 5 heteroatoms. The number of fused-ring (bicyclic) bond motifs is 1. The summed E-state index contributed by atoms with van der Waals surface area (Å²) in [5.41, 5.74) is 4.14. The molecular weight excluding hydrogens is 292 g/mol. The van der Waals surface area contributed by atoms with Crippen molar-refractivity contribution < 1.29 is 0 Å². The van der Waals surface area contributed by atoms with Crippen molar-refractivity contribution in [3.05, 3.63) is 40.9 Å². The summed E-state index contributed by atoms with van der Waals surface area (Å²) in [7, 11) is 0. The molecular formula is C13H13BrN4. The fraction of sp³-hybridized carbons (Fsp3) is 0.231. The Bertz CT molecular complexity index is 672. The van der Waals surface area contributed by atoms with Gasteiger partial charge in [-0.3, -0.25) is 4.68 Å². The minimum Gasteiger partial charge on any atom is -0.305 e. The molecule has 3 rings (SSSR count). The maximum Gasteiger partial charge on any atom is 0.137 e. The van der Waals surface area contributed by atoms with Crippen molar-refractivity contribution in [1.82, 2.24) is 19.2 Å². The Labute approximate surface area is 113 Å². The molecule has 0 radical (unpaired) electrons. The minimum atomic E-state index is 0.873. The average Bonchev–Trinajstić information content (AvgIpc) is 2.95. The number of aromatic nitrogens is 4. The Hall–Kier alpha value is -1.62. The van der Waals surface area contributed by atoms with Crippen molar-refractivity contribution in [2.75, 3.05) is 0 Å². The summed E-state index contributed by atoms with van der Waals surface area (Å²) >= 11 is 3.53. The highest BCUT2D eigenvalue weighted by Gasteiger charge is 2.07. The molecule has 0 amide bonds. The SMILES string of the molecule is CCn1cc(-c2cn3cc(Br)c(C)cc3n2)cn1. The Morgan fingerprint density at radius 1 is 1.28 bits per heavy atom. The van der Waals surface area contributed by atoms with E-state index in [0.29, 0.717) is 0 Å². The van der Waals surface area contributed by atoms with E-state index >= 15 is 0 Å². The summed E-state index contributed by atoms with van der Waals surface area (Å²) in [5, 5.41) is 4.27. The van der Waals surface area contributed by atoms with Crippen molar-refractivity contribution in [2.24, 2.45) is 0 Å². The summed E-state index contributed by atoms with van der Waals surface area (Å²) in [6, 6.07) is 2.07. The van der Waals surface area contributed by atoms with Crippen LogP contribution in [0.4, 0.5) is 0 Å². The van der Waals surface area contributed by atoms with E-state index in [-0.39, 0.29) is 0 Å². The molecule has 92 valence electrons. The lowest BCUT2D eigenvalue weighted by atomic mass is 10.3. The molecule has 0 aliphatic rings. The third-order valence-electron chi connectivity index (χ3n) is 2.99. The van der Waals surface area contributed by atoms with Gasteiger partial charge in [0.1, 0.15) is 5.65 Å². The summed E-state index contributed by atoms with van der Waals surface area (Å²) in [6.07, 6.45) is 7.93. The van der Waals surface area contributed by atoms with Gasteiger partial charge in [-0.05, 0) is 41.4 Å². The van der Waals surface area contributed by atoms with Gasteiger partial charge in [-0.15, -0.1) is 0 Å². The predicted octanol–water partition coefficient (Wildman–Crippen LogP) is 3.29. The highest BCUT2D eigenvalue weighted by Crippen LogP contribution is 2.22. The fourth-order valence-electron chi connectivity index (χ4n) is 1.91. The van der Waals surface area contributed by atoms with Crippen LogP contribution in [0.1, 0.15) is 12.5 Å². The van der Waals surface area contributed by atoms with Gasteiger partial charge in [0.2, 0.25) is 0 Å². The maximum absolute atomic E-state index is 4.62. The third-order valence-corrected chi connectivity index (χ3v) is 3.82. The number of hydrogen-bond acceptors (Lipinski definition) is 2. The van der Waals surface area contributed by atoms with Crippen LogP contribution in [0.5, 0.6) is 0 Å². The number of nitrogens with zero attached hydrogens (tertiary/aromatic N) is 4. The highest BCUT2D eigenvalue weighted by atomic mass is 79.9.